The maximum Gasteiger partial charge on any atom is 0.417 e. The van der Waals surface area contributed by atoms with Crippen LogP contribution in [0, 0.1) is 18.6 Å². The lowest BCUT2D eigenvalue weighted by Gasteiger charge is -2.40. The number of carbonyl (C=O) groups excluding carboxylic acids is 1. The van der Waals surface area contributed by atoms with Crippen molar-refractivity contribution in [1.29, 1.82) is 0 Å². The van der Waals surface area contributed by atoms with Gasteiger partial charge < -0.3 is 9.80 Å². The van der Waals surface area contributed by atoms with Gasteiger partial charge in [-0.25, -0.2) is 31.5 Å². The number of fused-ring (bicyclic) bond motifs is 1. The number of sulfone groups is 1. The van der Waals surface area contributed by atoms with Crippen molar-refractivity contribution in [2.75, 3.05) is 30.8 Å². The van der Waals surface area contributed by atoms with Gasteiger partial charge >= 0.3 is 11.9 Å². The Morgan fingerprint density at radius 2 is 1.82 bits per heavy atom. The highest BCUT2D eigenvalue weighted by molar-refractivity contribution is 7.90. The number of amides is 1. The van der Waals surface area contributed by atoms with Crippen molar-refractivity contribution >= 4 is 32.6 Å². The predicted octanol–water partition coefficient (Wildman–Crippen LogP) is 4.07. The minimum absolute atomic E-state index is 0.00958. The molecule has 0 saturated carbocycles. The number of aromatic nitrogens is 4. The molecular weight excluding hydrogens is 623 g/mol. The number of hydrogen-bond donors (Lipinski definition) is 0. The Morgan fingerprint density at radius 3 is 2.44 bits per heavy atom. The number of aryl methyl sites for hydroxylation is 1. The van der Waals surface area contributed by atoms with Gasteiger partial charge in [0.2, 0.25) is 5.91 Å². The molecule has 1 saturated heterocycles. The molecule has 0 bridgehead atoms. The van der Waals surface area contributed by atoms with Crippen molar-refractivity contribution in [3.05, 3.63) is 82.6 Å². The SMILES string of the molecule is C=CC(=O)N1CCN(c2nc(=O)n(-c3c(S(C)(=O)=O)ccnc3C)c3nc(-c4c(F)cccc4C(F)(F)F)c(F)cc23)[C@@H](C)C1. The van der Waals surface area contributed by atoms with Crippen LogP contribution in [0.5, 0.6) is 0 Å². The molecule has 0 spiro atoms. The summed E-state index contributed by atoms with van der Waals surface area (Å²) in [5, 5.41) is -0.182. The summed E-state index contributed by atoms with van der Waals surface area (Å²) in [5.74, 6) is -3.23. The molecule has 1 aliphatic heterocycles. The van der Waals surface area contributed by atoms with Gasteiger partial charge in [0.05, 0.1) is 32.8 Å². The largest absolute Gasteiger partial charge is 0.417 e. The van der Waals surface area contributed by atoms with Gasteiger partial charge in [0.1, 0.15) is 17.3 Å². The average Bonchev–Trinajstić information content (AvgIpc) is 2.96. The Balaban J connectivity index is 1.89. The normalized spacial score (nSPS) is 15.9. The number of alkyl halides is 3. The first-order chi connectivity index (χ1) is 21.0. The van der Waals surface area contributed by atoms with Crippen LogP contribution in [0.2, 0.25) is 0 Å². The Labute approximate surface area is 253 Å². The third kappa shape index (κ3) is 5.65. The van der Waals surface area contributed by atoms with Crippen LogP contribution in [0.4, 0.5) is 27.8 Å². The summed E-state index contributed by atoms with van der Waals surface area (Å²) in [6.45, 7) is 7.01. The van der Waals surface area contributed by atoms with Gasteiger partial charge in [-0.3, -0.25) is 9.78 Å². The Hall–Kier alpha value is -4.73. The van der Waals surface area contributed by atoms with E-state index in [4.69, 9.17) is 0 Å². The van der Waals surface area contributed by atoms with Crippen molar-refractivity contribution < 1.29 is 35.2 Å². The summed E-state index contributed by atoms with van der Waals surface area (Å²) in [6, 6.07) is 3.49. The molecule has 236 valence electrons. The molecule has 1 aromatic carbocycles. The molecule has 16 heteroatoms. The Morgan fingerprint density at radius 1 is 1.11 bits per heavy atom. The first-order valence-electron chi connectivity index (χ1n) is 13.4. The van der Waals surface area contributed by atoms with E-state index >= 15 is 8.78 Å². The summed E-state index contributed by atoms with van der Waals surface area (Å²) >= 11 is 0. The number of piperazine rings is 1. The van der Waals surface area contributed by atoms with Crippen molar-refractivity contribution in [3.63, 3.8) is 0 Å². The van der Waals surface area contributed by atoms with E-state index in [1.165, 1.54) is 18.0 Å². The zero-order valence-electron chi connectivity index (χ0n) is 24.1. The monoisotopic (exact) mass is 648 g/mol. The van der Waals surface area contributed by atoms with Crippen LogP contribution < -0.4 is 10.6 Å². The second-order valence-electron chi connectivity index (χ2n) is 10.4. The minimum atomic E-state index is -5.11. The third-order valence-electron chi connectivity index (χ3n) is 7.44. The molecule has 10 nitrogen and oxygen atoms in total. The van der Waals surface area contributed by atoms with Gasteiger partial charge in [0.15, 0.2) is 21.3 Å². The zero-order chi connectivity index (χ0) is 33.0. The number of rotatable bonds is 5. The number of pyridine rings is 2. The summed E-state index contributed by atoms with van der Waals surface area (Å²) in [4.78, 5) is 41.1. The van der Waals surface area contributed by atoms with E-state index in [-0.39, 0.29) is 53.0 Å². The van der Waals surface area contributed by atoms with E-state index < -0.39 is 61.8 Å². The first-order valence-corrected chi connectivity index (χ1v) is 15.3. The van der Waals surface area contributed by atoms with Crippen molar-refractivity contribution in [3.8, 4) is 16.9 Å². The molecule has 1 aliphatic rings. The lowest BCUT2D eigenvalue weighted by molar-refractivity contribution is -0.137. The lowest BCUT2D eigenvalue weighted by atomic mass is 10.0. The van der Waals surface area contributed by atoms with Crippen molar-refractivity contribution in [2.24, 2.45) is 0 Å². The molecule has 45 heavy (non-hydrogen) atoms. The lowest BCUT2D eigenvalue weighted by Crippen LogP contribution is -2.54. The third-order valence-corrected chi connectivity index (χ3v) is 8.56. The highest BCUT2D eigenvalue weighted by Crippen LogP contribution is 2.40. The van der Waals surface area contributed by atoms with E-state index in [0.717, 1.165) is 35.1 Å². The zero-order valence-corrected chi connectivity index (χ0v) is 24.9. The van der Waals surface area contributed by atoms with Crippen LogP contribution in [-0.2, 0) is 20.8 Å². The maximum atomic E-state index is 15.9. The fourth-order valence-electron chi connectivity index (χ4n) is 5.41. The van der Waals surface area contributed by atoms with Crippen molar-refractivity contribution in [1.82, 2.24) is 24.4 Å². The Kier molecular flexibility index (Phi) is 7.97. The fraction of sp³-hybridized carbons (Fsp3) is 0.276. The predicted molar refractivity (Wildman–Crippen MR) is 155 cm³/mol. The van der Waals surface area contributed by atoms with Crippen LogP contribution in [-0.4, -0.2) is 70.7 Å². The molecule has 1 amide bonds. The van der Waals surface area contributed by atoms with E-state index in [0.29, 0.717) is 12.1 Å². The first kappa shape index (κ1) is 31.7. The molecule has 5 rings (SSSR count). The maximum absolute atomic E-state index is 15.9. The number of halogens is 5. The molecule has 1 atom stereocenters. The van der Waals surface area contributed by atoms with Gasteiger partial charge in [-0.05, 0) is 44.2 Å². The molecular formula is C29H25F5N6O4S. The van der Waals surface area contributed by atoms with Gasteiger partial charge in [-0.15, -0.1) is 0 Å². The van der Waals surface area contributed by atoms with E-state index in [9.17, 15) is 31.2 Å². The van der Waals surface area contributed by atoms with Crippen LogP contribution >= 0.6 is 0 Å². The van der Waals surface area contributed by atoms with Crippen LogP contribution in [0.1, 0.15) is 18.2 Å². The quantitative estimate of drug-likeness (QED) is 0.235. The standard InChI is InChI=1S/C29H25F5N6O4S/c1-5-22(41)38-11-12-39(15(2)14-38)26-17-13-20(31)24(23-18(29(32,33)34)7-6-8-19(23)30)36-27(17)40(28(42)37-26)25-16(3)35-10-9-21(25)45(4,43)44/h5-10,13,15H,1,11-12,14H2,2-4H3/t15-/m0/s1. The number of nitrogens with zero attached hydrogens (tertiary/aromatic N) is 6. The van der Waals surface area contributed by atoms with Gasteiger partial charge in [-0.2, -0.15) is 18.2 Å². The summed E-state index contributed by atoms with van der Waals surface area (Å²) < 4.78 is 99.1. The molecule has 1 fully saturated rings. The van der Waals surface area contributed by atoms with E-state index in [2.05, 4.69) is 21.5 Å². The number of anilines is 1. The molecule has 0 aliphatic carbocycles. The summed E-state index contributed by atoms with van der Waals surface area (Å²) in [5.41, 5.74) is -5.66. The second-order valence-corrected chi connectivity index (χ2v) is 12.4. The van der Waals surface area contributed by atoms with Gasteiger partial charge in [0, 0.05) is 38.1 Å². The average molecular weight is 649 g/mol. The minimum Gasteiger partial charge on any atom is -0.350 e. The number of hydrogen-bond acceptors (Lipinski definition) is 8. The highest BCUT2D eigenvalue weighted by Gasteiger charge is 2.37. The molecule has 0 unspecified atom stereocenters. The molecule has 4 heterocycles. The van der Waals surface area contributed by atoms with Crippen LogP contribution in [0.15, 0.2) is 58.9 Å². The number of carbonyl (C=O) groups is 1. The van der Waals surface area contributed by atoms with Gasteiger partial charge in [0.25, 0.3) is 0 Å². The van der Waals surface area contributed by atoms with Gasteiger partial charge in [-0.1, -0.05) is 12.6 Å². The summed E-state index contributed by atoms with van der Waals surface area (Å²) in [6.07, 6.45) is -1.90. The van der Waals surface area contributed by atoms with E-state index in [1.807, 2.05) is 0 Å². The highest BCUT2D eigenvalue weighted by atomic mass is 32.2. The molecule has 4 aromatic rings. The molecule has 0 radical (unpaired) electrons. The van der Waals surface area contributed by atoms with E-state index in [1.54, 1.807) is 11.8 Å². The van der Waals surface area contributed by atoms with Crippen molar-refractivity contribution in [2.45, 2.75) is 31.0 Å². The van der Waals surface area contributed by atoms with Crippen LogP contribution in [0.3, 0.4) is 0 Å². The topological polar surface area (TPSA) is 118 Å². The molecule has 0 N–H and O–H groups in total. The Bertz CT molecular complexity index is 2050. The van der Waals surface area contributed by atoms with Crippen LogP contribution in [0.25, 0.3) is 28.0 Å². The fourth-order valence-corrected chi connectivity index (χ4v) is 6.31. The molecule has 3 aromatic heterocycles. The number of benzene rings is 1. The smallest absolute Gasteiger partial charge is 0.350 e. The second kappa shape index (κ2) is 11.3. The summed E-state index contributed by atoms with van der Waals surface area (Å²) in [7, 11) is -4.04.